The topological polar surface area (TPSA) is 12.9 Å². The van der Waals surface area contributed by atoms with Crippen molar-refractivity contribution < 1.29 is 0 Å². The fourth-order valence-electron chi connectivity index (χ4n) is 1.83. The third-order valence-corrected chi connectivity index (χ3v) is 3.33. The minimum atomic E-state index is 1.08. The molecule has 63 valence electrons. The molecule has 1 aliphatic rings. The van der Waals surface area contributed by atoms with E-state index in [-0.39, 0.29) is 0 Å². The molecule has 3 rings (SSSR count). The Morgan fingerprint density at radius 2 is 2.15 bits per heavy atom. The highest BCUT2D eigenvalue weighted by Gasteiger charge is 2.17. The SMILES string of the molecule is [c]1nc2c(s1)-c1ccccc1CC2. The van der Waals surface area contributed by atoms with Gasteiger partial charge in [0.2, 0.25) is 0 Å². The second kappa shape index (κ2) is 2.67. The summed E-state index contributed by atoms with van der Waals surface area (Å²) >= 11 is 1.63. The van der Waals surface area contributed by atoms with Crippen LogP contribution >= 0.6 is 11.3 Å². The van der Waals surface area contributed by atoms with Gasteiger partial charge in [-0.25, -0.2) is 4.98 Å². The van der Waals surface area contributed by atoms with Crippen molar-refractivity contribution in [1.82, 2.24) is 4.98 Å². The molecule has 2 aromatic rings. The van der Waals surface area contributed by atoms with Crippen molar-refractivity contribution in [2.75, 3.05) is 0 Å². The van der Waals surface area contributed by atoms with Crippen LogP contribution < -0.4 is 0 Å². The summed E-state index contributed by atoms with van der Waals surface area (Å²) in [5.74, 6) is 0. The summed E-state index contributed by atoms with van der Waals surface area (Å²) in [5, 5.41) is 0. The number of fused-ring (bicyclic) bond motifs is 3. The fourth-order valence-corrected chi connectivity index (χ4v) is 2.65. The molecule has 0 saturated carbocycles. The Balaban J connectivity index is 2.30. The summed E-state index contributed by atoms with van der Waals surface area (Å²) < 4.78 is 0. The molecule has 1 aliphatic carbocycles. The Bertz CT molecular complexity index is 445. The average Bonchev–Trinajstić information content (AvgIpc) is 2.65. The van der Waals surface area contributed by atoms with Gasteiger partial charge in [0.15, 0.2) is 5.51 Å². The first-order valence-electron chi connectivity index (χ1n) is 4.39. The Kier molecular flexibility index (Phi) is 1.49. The molecule has 0 spiro atoms. The maximum absolute atomic E-state index is 4.25. The molecule has 1 aromatic carbocycles. The number of aromatic nitrogens is 1. The average molecular weight is 186 g/mol. The van der Waals surface area contributed by atoms with Crippen LogP contribution in [-0.4, -0.2) is 4.98 Å². The summed E-state index contributed by atoms with van der Waals surface area (Å²) in [6.45, 7) is 0. The minimum Gasteiger partial charge on any atom is -0.238 e. The third-order valence-electron chi connectivity index (χ3n) is 2.48. The molecule has 1 aromatic heterocycles. The second-order valence-corrected chi connectivity index (χ2v) is 4.03. The molecule has 0 N–H and O–H groups in total. The van der Waals surface area contributed by atoms with Gasteiger partial charge in [0.25, 0.3) is 0 Å². The zero-order valence-electron chi connectivity index (χ0n) is 7.08. The molecule has 13 heavy (non-hydrogen) atoms. The van der Waals surface area contributed by atoms with Crippen LogP contribution in [0.15, 0.2) is 24.3 Å². The lowest BCUT2D eigenvalue weighted by molar-refractivity contribution is 0.910. The van der Waals surface area contributed by atoms with Crippen LogP contribution in [0.3, 0.4) is 0 Å². The van der Waals surface area contributed by atoms with Gasteiger partial charge in [-0.1, -0.05) is 24.3 Å². The molecule has 0 unspecified atom stereocenters. The standard InChI is InChI=1S/C11H8NS/c1-2-4-9-8(3-1)5-6-10-11(9)13-7-12-10/h1-4H,5-6H2. The molecular formula is C11H8NS. The summed E-state index contributed by atoms with van der Waals surface area (Å²) in [7, 11) is 0. The Labute approximate surface area is 81.1 Å². The van der Waals surface area contributed by atoms with Gasteiger partial charge in [-0.05, 0) is 24.0 Å². The highest BCUT2D eigenvalue weighted by Crippen LogP contribution is 2.35. The van der Waals surface area contributed by atoms with E-state index in [1.165, 1.54) is 21.7 Å². The molecule has 1 nitrogen and oxygen atoms in total. The molecule has 0 bridgehead atoms. The molecule has 1 heterocycles. The van der Waals surface area contributed by atoms with Crippen molar-refractivity contribution >= 4 is 11.3 Å². The van der Waals surface area contributed by atoms with Gasteiger partial charge in [-0.3, -0.25) is 0 Å². The second-order valence-electron chi connectivity index (χ2n) is 3.24. The van der Waals surface area contributed by atoms with Crippen LogP contribution in [0.4, 0.5) is 0 Å². The summed E-state index contributed by atoms with van der Waals surface area (Å²) in [6, 6.07) is 8.58. The highest BCUT2D eigenvalue weighted by atomic mass is 32.1. The van der Waals surface area contributed by atoms with E-state index in [9.17, 15) is 0 Å². The Hall–Kier alpha value is -1.15. The van der Waals surface area contributed by atoms with Gasteiger partial charge in [-0.2, -0.15) is 0 Å². The highest BCUT2D eigenvalue weighted by molar-refractivity contribution is 7.13. The van der Waals surface area contributed by atoms with Gasteiger partial charge in [0.05, 0.1) is 10.6 Å². The van der Waals surface area contributed by atoms with Crippen molar-refractivity contribution in [2.24, 2.45) is 0 Å². The van der Waals surface area contributed by atoms with Crippen LogP contribution in [0.25, 0.3) is 10.4 Å². The number of nitrogens with zero attached hydrogens (tertiary/aromatic N) is 1. The summed E-state index contributed by atoms with van der Waals surface area (Å²) in [4.78, 5) is 5.57. The number of rotatable bonds is 0. The van der Waals surface area contributed by atoms with Gasteiger partial charge in [0.1, 0.15) is 0 Å². The number of benzene rings is 1. The van der Waals surface area contributed by atoms with E-state index in [2.05, 4.69) is 34.8 Å². The lowest BCUT2D eigenvalue weighted by atomic mass is 9.94. The number of aryl methyl sites for hydroxylation is 2. The van der Waals surface area contributed by atoms with Crippen molar-refractivity contribution in [3.8, 4) is 10.4 Å². The van der Waals surface area contributed by atoms with E-state index < -0.39 is 0 Å². The monoisotopic (exact) mass is 186 g/mol. The van der Waals surface area contributed by atoms with Crippen molar-refractivity contribution in [1.29, 1.82) is 0 Å². The van der Waals surface area contributed by atoms with E-state index in [4.69, 9.17) is 0 Å². The van der Waals surface area contributed by atoms with Crippen molar-refractivity contribution in [2.45, 2.75) is 12.8 Å². The lowest BCUT2D eigenvalue weighted by Crippen LogP contribution is -2.01. The first kappa shape index (κ1) is 7.27. The first-order valence-corrected chi connectivity index (χ1v) is 5.21. The number of hydrogen-bond donors (Lipinski definition) is 0. The number of hydrogen-bond acceptors (Lipinski definition) is 2. The molecule has 0 saturated heterocycles. The number of thiazole rings is 1. The van der Waals surface area contributed by atoms with Crippen LogP contribution in [0.1, 0.15) is 11.3 Å². The minimum absolute atomic E-state index is 1.08. The molecular weight excluding hydrogens is 178 g/mol. The van der Waals surface area contributed by atoms with Crippen molar-refractivity contribution in [3.63, 3.8) is 0 Å². The zero-order valence-corrected chi connectivity index (χ0v) is 7.90. The van der Waals surface area contributed by atoms with Gasteiger partial charge in [0, 0.05) is 0 Å². The third kappa shape index (κ3) is 1.02. The van der Waals surface area contributed by atoms with Gasteiger partial charge in [-0.15, -0.1) is 11.3 Å². The molecule has 0 amide bonds. The predicted octanol–water partition coefficient (Wildman–Crippen LogP) is 2.71. The maximum Gasteiger partial charge on any atom is 0.153 e. The van der Waals surface area contributed by atoms with Crippen LogP contribution in [0, 0.1) is 5.51 Å². The van der Waals surface area contributed by atoms with Crippen LogP contribution in [-0.2, 0) is 12.8 Å². The van der Waals surface area contributed by atoms with E-state index in [1.54, 1.807) is 11.3 Å². The zero-order chi connectivity index (χ0) is 8.67. The first-order chi connectivity index (χ1) is 6.45. The molecule has 0 atom stereocenters. The van der Waals surface area contributed by atoms with E-state index in [1.807, 2.05) is 0 Å². The maximum atomic E-state index is 4.25. The van der Waals surface area contributed by atoms with Crippen LogP contribution in [0.5, 0.6) is 0 Å². The molecule has 2 heteroatoms. The largest absolute Gasteiger partial charge is 0.238 e. The predicted molar refractivity (Wildman–Crippen MR) is 53.8 cm³/mol. The molecule has 0 aliphatic heterocycles. The van der Waals surface area contributed by atoms with E-state index >= 15 is 0 Å². The summed E-state index contributed by atoms with van der Waals surface area (Å²) in [6.07, 6.45) is 2.20. The smallest absolute Gasteiger partial charge is 0.153 e. The lowest BCUT2D eigenvalue weighted by Gasteiger charge is -2.13. The van der Waals surface area contributed by atoms with Crippen LogP contribution in [0.2, 0.25) is 0 Å². The van der Waals surface area contributed by atoms with Crippen molar-refractivity contribution in [3.05, 3.63) is 41.0 Å². The molecule has 0 fully saturated rings. The Morgan fingerprint density at radius 1 is 1.23 bits per heavy atom. The van der Waals surface area contributed by atoms with E-state index in [0.717, 1.165) is 12.8 Å². The fraction of sp³-hybridized carbons (Fsp3) is 0.182. The Morgan fingerprint density at radius 3 is 3.15 bits per heavy atom. The van der Waals surface area contributed by atoms with Gasteiger partial charge < -0.3 is 0 Å². The quantitative estimate of drug-likeness (QED) is 0.616. The molecule has 1 radical (unpaired) electrons. The van der Waals surface area contributed by atoms with Gasteiger partial charge >= 0.3 is 0 Å². The summed E-state index contributed by atoms with van der Waals surface area (Å²) in [5.41, 5.74) is 7.01. The van der Waals surface area contributed by atoms with E-state index in [0.29, 0.717) is 0 Å². The normalized spacial score (nSPS) is 13.5.